The molecule has 0 aromatic heterocycles. The molecule has 0 saturated heterocycles. The molecule has 1 fully saturated rings. The summed E-state index contributed by atoms with van der Waals surface area (Å²) in [6.45, 7) is 0. The average molecular weight is 341 g/mol. The van der Waals surface area contributed by atoms with Crippen LogP contribution >= 0.6 is 34.8 Å². The fraction of sp³-hybridized carbons (Fsp3) is 0.188. The zero-order valence-corrected chi connectivity index (χ0v) is 13.2. The van der Waals surface area contributed by atoms with E-state index in [2.05, 4.69) is 5.16 Å². The van der Waals surface area contributed by atoms with Crippen molar-refractivity contribution >= 4 is 40.5 Å². The minimum atomic E-state index is 0.162. The highest BCUT2D eigenvalue weighted by molar-refractivity contribution is 6.35. The summed E-state index contributed by atoms with van der Waals surface area (Å²) in [5.41, 5.74) is 2.59. The van der Waals surface area contributed by atoms with Crippen molar-refractivity contribution in [3.05, 3.63) is 68.7 Å². The molecule has 0 unspecified atom stereocenters. The minimum Gasteiger partial charge on any atom is -0.411 e. The molecule has 2 atom stereocenters. The molecule has 3 rings (SSSR count). The van der Waals surface area contributed by atoms with Crippen molar-refractivity contribution in [2.75, 3.05) is 0 Å². The third kappa shape index (κ3) is 3.03. The van der Waals surface area contributed by atoms with Gasteiger partial charge >= 0.3 is 0 Å². The van der Waals surface area contributed by atoms with Crippen LogP contribution in [0.3, 0.4) is 0 Å². The molecule has 5 heteroatoms. The molecule has 2 aromatic rings. The number of hydrogen-bond acceptors (Lipinski definition) is 2. The third-order valence-corrected chi connectivity index (χ3v) is 4.57. The Hall–Kier alpha value is -1.22. The summed E-state index contributed by atoms with van der Waals surface area (Å²) >= 11 is 18.0. The van der Waals surface area contributed by atoms with Gasteiger partial charge in [0.1, 0.15) is 0 Å². The second-order valence-corrected chi connectivity index (χ2v) is 6.39. The van der Waals surface area contributed by atoms with Crippen LogP contribution in [0.5, 0.6) is 0 Å². The van der Waals surface area contributed by atoms with Gasteiger partial charge in [-0.25, -0.2) is 0 Å². The Labute approximate surface area is 137 Å². The molecule has 1 aliphatic carbocycles. The third-order valence-electron chi connectivity index (χ3n) is 3.75. The van der Waals surface area contributed by atoms with Crippen molar-refractivity contribution in [2.45, 2.75) is 12.3 Å². The summed E-state index contributed by atoms with van der Waals surface area (Å²) in [4.78, 5) is 0. The van der Waals surface area contributed by atoms with Crippen LogP contribution in [-0.2, 0) is 0 Å². The highest BCUT2D eigenvalue weighted by Crippen LogP contribution is 2.51. The van der Waals surface area contributed by atoms with Gasteiger partial charge in [0.2, 0.25) is 0 Å². The number of rotatable bonds is 3. The first-order valence-corrected chi connectivity index (χ1v) is 7.66. The van der Waals surface area contributed by atoms with Crippen LogP contribution in [0.15, 0.2) is 47.6 Å². The van der Waals surface area contributed by atoms with Crippen LogP contribution in [0.1, 0.15) is 23.5 Å². The van der Waals surface area contributed by atoms with Gasteiger partial charge in [-0.2, -0.15) is 0 Å². The first-order chi connectivity index (χ1) is 10.1. The molecule has 0 aliphatic heterocycles. The second-order valence-electron chi connectivity index (χ2n) is 5.11. The SMILES string of the molecule is ON=C(c1ccc(Cl)cc1)[C@@H]1C[C@H]1c1ccc(Cl)cc1Cl. The van der Waals surface area contributed by atoms with Gasteiger partial charge in [-0.15, -0.1) is 0 Å². The van der Waals surface area contributed by atoms with Crippen molar-refractivity contribution in [3.63, 3.8) is 0 Å². The Morgan fingerprint density at radius 2 is 1.67 bits per heavy atom. The number of halogens is 3. The van der Waals surface area contributed by atoms with E-state index < -0.39 is 0 Å². The summed E-state index contributed by atoms with van der Waals surface area (Å²) in [5.74, 6) is 0.422. The highest BCUT2D eigenvalue weighted by Gasteiger charge is 2.43. The standard InChI is InChI=1S/C16H12Cl3NO/c17-10-3-1-9(2-4-10)16(20-21)14-8-13(14)12-6-5-11(18)7-15(12)19/h1-7,13-14,21H,8H2/t13-,14+/m0/s1. The summed E-state index contributed by atoms with van der Waals surface area (Å²) < 4.78 is 0. The van der Waals surface area contributed by atoms with Gasteiger partial charge in [0, 0.05) is 21.0 Å². The van der Waals surface area contributed by atoms with Crippen molar-refractivity contribution in [1.29, 1.82) is 0 Å². The quantitative estimate of drug-likeness (QED) is 0.438. The van der Waals surface area contributed by atoms with E-state index in [4.69, 9.17) is 34.8 Å². The summed E-state index contributed by atoms with van der Waals surface area (Å²) in [6.07, 6.45) is 0.906. The molecule has 108 valence electrons. The average Bonchev–Trinajstić information content (AvgIpc) is 3.22. The topological polar surface area (TPSA) is 32.6 Å². The zero-order valence-electron chi connectivity index (χ0n) is 10.9. The molecule has 1 N–H and O–H groups in total. The molecule has 2 nitrogen and oxygen atoms in total. The Bertz CT molecular complexity index is 697. The van der Waals surface area contributed by atoms with E-state index in [-0.39, 0.29) is 11.8 Å². The summed E-state index contributed by atoms with van der Waals surface area (Å²) in [6, 6.07) is 12.8. The van der Waals surface area contributed by atoms with Crippen LogP contribution in [0.2, 0.25) is 15.1 Å². The van der Waals surface area contributed by atoms with Crippen molar-refractivity contribution in [1.82, 2.24) is 0 Å². The number of hydrogen-bond donors (Lipinski definition) is 1. The van der Waals surface area contributed by atoms with Gasteiger partial charge in [0.15, 0.2) is 0 Å². The van der Waals surface area contributed by atoms with E-state index in [1.54, 1.807) is 18.2 Å². The minimum absolute atomic E-state index is 0.162. The van der Waals surface area contributed by atoms with Crippen LogP contribution in [0, 0.1) is 5.92 Å². The Morgan fingerprint density at radius 1 is 1.00 bits per heavy atom. The second kappa shape index (κ2) is 5.88. The van der Waals surface area contributed by atoms with E-state index >= 15 is 0 Å². The lowest BCUT2D eigenvalue weighted by Gasteiger charge is -2.06. The molecule has 0 amide bonds. The Balaban J connectivity index is 1.84. The molecule has 1 aliphatic rings. The van der Waals surface area contributed by atoms with E-state index in [0.717, 1.165) is 17.5 Å². The van der Waals surface area contributed by atoms with Gasteiger partial charge in [0.05, 0.1) is 5.71 Å². The molecule has 0 bridgehead atoms. The van der Waals surface area contributed by atoms with Crippen LogP contribution < -0.4 is 0 Å². The van der Waals surface area contributed by atoms with E-state index in [9.17, 15) is 5.21 Å². The number of oxime groups is 1. The molecular formula is C16H12Cl3NO. The van der Waals surface area contributed by atoms with E-state index in [0.29, 0.717) is 20.8 Å². The molecule has 0 heterocycles. The summed E-state index contributed by atoms with van der Waals surface area (Å²) in [5, 5.41) is 14.7. The fourth-order valence-corrected chi connectivity index (χ4v) is 3.28. The molecule has 0 spiro atoms. The van der Waals surface area contributed by atoms with Crippen LogP contribution in [0.4, 0.5) is 0 Å². The lowest BCUT2D eigenvalue weighted by atomic mass is 10.0. The molecule has 2 aromatic carbocycles. The number of nitrogens with zero attached hydrogens (tertiary/aromatic N) is 1. The van der Waals surface area contributed by atoms with Gasteiger partial charge in [-0.05, 0) is 47.7 Å². The van der Waals surface area contributed by atoms with Crippen molar-refractivity contribution < 1.29 is 5.21 Å². The first kappa shape index (κ1) is 14.7. The smallest absolute Gasteiger partial charge is 0.0904 e. The first-order valence-electron chi connectivity index (χ1n) is 6.53. The van der Waals surface area contributed by atoms with Gasteiger partial charge in [-0.3, -0.25) is 0 Å². The monoisotopic (exact) mass is 339 g/mol. The molecule has 0 radical (unpaired) electrons. The summed E-state index contributed by atoms with van der Waals surface area (Å²) in [7, 11) is 0. The number of benzene rings is 2. The maximum Gasteiger partial charge on any atom is 0.0904 e. The highest BCUT2D eigenvalue weighted by atomic mass is 35.5. The Morgan fingerprint density at radius 3 is 2.29 bits per heavy atom. The predicted molar refractivity (Wildman–Crippen MR) is 87.1 cm³/mol. The van der Waals surface area contributed by atoms with Crippen LogP contribution in [-0.4, -0.2) is 10.9 Å². The van der Waals surface area contributed by atoms with Crippen molar-refractivity contribution in [2.24, 2.45) is 11.1 Å². The van der Waals surface area contributed by atoms with E-state index in [1.165, 1.54) is 0 Å². The van der Waals surface area contributed by atoms with Gasteiger partial charge in [0.25, 0.3) is 0 Å². The Kier molecular flexibility index (Phi) is 4.12. The predicted octanol–water partition coefficient (Wildman–Crippen LogP) is 5.63. The largest absolute Gasteiger partial charge is 0.411 e. The van der Waals surface area contributed by atoms with Gasteiger partial charge in [-0.1, -0.05) is 58.2 Å². The molecular weight excluding hydrogens is 329 g/mol. The lowest BCUT2D eigenvalue weighted by molar-refractivity contribution is 0.317. The maximum absolute atomic E-state index is 9.34. The van der Waals surface area contributed by atoms with Gasteiger partial charge < -0.3 is 5.21 Å². The van der Waals surface area contributed by atoms with Crippen LogP contribution in [0.25, 0.3) is 0 Å². The fourth-order valence-electron chi connectivity index (χ4n) is 2.61. The maximum atomic E-state index is 9.34. The van der Waals surface area contributed by atoms with E-state index in [1.807, 2.05) is 24.3 Å². The zero-order chi connectivity index (χ0) is 15.0. The normalized spacial score (nSPS) is 21.4. The molecule has 1 saturated carbocycles. The molecule has 21 heavy (non-hydrogen) atoms. The lowest BCUT2D eigenvalue weighted by Crippen LogP contribution is -2.05. The van der Waals surface area contributed by atoms with Crippen molar-refractivity contribution in [3.8, 4) is 0 Å².